The molecular formula is C19H21N3O3. The van der Waals surface area contributed by atoms with Gasteiger partial charge in [0.1, 0.15) is 5.75 Å². The minimum absolute atomic E-state index is 0.102. The van der Waals surface area contributed by atoms with Crippen molar-refractivity contribution >= 4 is 22.6 Å². The van der Waals surface area contributed by atoms with E-state index in [9.17, 15) is 9.90 Å². The number of hydrogen-bond acceptors (Lipinski definition) is 3. The molecule has 25 heavy (non-hydrogen) atoms. The van der Waals surface area contributed by atoms with Crippen molar-refractivity contribution in [2.45, 2.75) is 13.0 Å². The number of aromatic amines is 1. The fourth-order valence-electron chi connectivity index (χ4n) is 2.69. The van der Waals surface area contributed by atoms with Crippen LogP contribution in [0.15, 0.2) is 48.5 Å². The number of carbonyl (C=O) groups excluding carboxylic acids is 1. The van der Waals surface area contributed by atoms with Gasteiger partial charge in [-0.05, 0) is 48.9 Å². The Morgan fingerprint density at radius 1 is 1.24 bits per heavy atom. The maximum absolute atomic E-state index is 12.0. The largest absolute Gasteiger partial charge is 0.497 e. The Kier molecular flexibility index (Phi) is 4.90. The number of H-pyrrole nitrogens is 1. The molecule has 0 aliphatic carbocycles. The average Bonchev–Trinajstić information content (AvgIpc) is 2.99. The van der Waals surface area contributed by atoms with Gasteiger partial charge in [0.25, 0.3) is 0 Å². The first-order chi connectivity index (χ1) is 12.0. The summed E-state index contributed by atoms with van der Waals surface area (Å²) < 4.78 is 5.13. The minimum atomic E-state index is -0.810. The lowest BCUT2D eigenvalue weighted by atomic mass is 10.1. The number of hydrogen-bond donors (Lipinski definition) is 4. The molecule has 1 aromatic heterocycles. The smallest absolute Gasteiger partial charge is 0.319 e. The number of aromatic nitrogens is 1. The summed E-state index contributed by atoms with van der Waals surface area (Å²) >= 11 is 0. The highest BCUT2D eigenvalue weighted by Crippen LogP contribution is 2.20. The molecule has 1 heterocycles. The van der Waals surface area contributed by atoms with Crippen molar-refractivity contribution in [3.05, 3.63) is 59.8 Å². The average molecular weight is 339 g/mol. The van der Waals surface area contributed by atoms with E-state index in [1.54, 1.807) is 31.4 Å². The predicted molar refractivity (Wildman–Crippen MR) is 98.0 cm³/mol. The molecule has 0 spiro atoms. The van der Waals surface area contributed by atoms with Gasteiger partial charge in [-0.3, -0.25) is 0 Å². The molecule has 3 aromatic rings. The number of urea groups is 1. The first-order valence-corrected chi connectivity index (χ1v) is 8.01. The van der Waals surface area contributed by atoms with Gasteiger partial charge in [-0.15, -0.1) is 0 Å². The summed E-state index contributed by atoms with van der Waals surface area (Å²) in [5, 5.41) is 16.7. The van der Waals surface area contributed by atoms with Crippen molar-refractivity contribution in [3.63, 3.8) is 0 Å². The third-order valence-electron chi connectivity index (χ3n) is 3.95. The number of aliphatic hydroxyl groups excluding tert-OH is 1. The number of methoxy groups -OCH3 is 1. The van der Waals surface area contributed by atoms with E-state index in [4.69, 9.17) is 4.74 Å². The van der Waals surface area contributed by atoms with Crippen LogP contribution in [0.4, 0.5) is 10.5 Å². The van der Waals surface area contributed by atoms with E-state index in [0.29, 0.717) is 17.0 Å². The molecule has 4 N–H and O–H groups in total. The number of carbonyl (C=O) groups is 1. The zero-order valence-corrected chi connectivity index (χ0v) is 14.2. The Hall–Kier alpha value is -2.99. The van der Waals surface area contributed by atoms with E-state index >= 15 is 0 Å². The van der Waals surface area contributed by atoms with E-state index in [1.165, 1.54) is 0 Å². The minimum Gasteiger partial charge on any atom is -0.497 e. The third kappa shape index (κ3) is 4.10. The lowest BCUT2D eigenvalue weighted by molar-refractivity contribution is 0.175. The molecule has 0 aliphatic rings. The number of anilines is 1. The van der Waals surface area contributed by atoms with Crippen molar-refractivity contribution in [1.29, 1.82) is 0 Å². The van der Waals surface area contributed by atoms with E-state index in [0.717, 1.165) is 16.6 Å². The number of ether oxygens (including phenoxy) is 1. The number of fused-ring (bicyclic) bond motifs is 1. The molecule has 1 atom stereocenters. The lowest BCUT2D eigenvalue weighted by Gasteiger charge is -2.14. The van der Waals surface area contributed by atoms with Crippen molar-refractivity contribution in [2.75, 3.05) is 19.0 Å². The van der Waals surface area contributed by atoms with Crippen molar-refractivity contribution in [2.24, 2.45) is 0 Å². The normalized spacial score (nSPS) is 12.0. The number of aliphatic hydroxyl groups is 1. The molecule has 0 aliphatic heterocycles. The maximum atomic E-state index is 12.0. The predicted octanol–water partition coefficient (Wildman–Crippen LogP) is 3.34. The van der Waals surface area contributed by atoms with Crippen molar-refractivity contribution in [1.82, 2.24) is 10.3 Å². The van der Waals surface area contributed by atoms with Gasteiger partial charge in [-0.2, -0.15) is 0 Å². The van der Waals surface area contributed by atoms with Gasteiger partial charge in [0.2, 0.25) is 0 Å². The Morgan fingerprint density at radius 3 is 2.88 bits per heavy atom. The molecule has 1 unspecified atom stereocenters. The number of aryl methyl sites for hydroxylation is 1. The van der Waals surface area contributed by atoms with Crippen LogP contribution in [0, 0.1) is 6.92 Å². The van der Waals surface area contributed by atoms with Crippen LogP contribution in [0.25, 0.3) is 10.9 Å². The van der Waals surface area contributed by atoms with E-state index in [1.807, 2.05) is 31.2 Å². The molecule has 0 saturated carbocycles. The number of amides is 2. The number of rotatable bonds is 5. The second-order valence-electron chi connectivity index (χ2n) is 5.88. The van der Waals surface area contributed by atoms with E-state index in [2.05, 4.69) is 15.6 Å². The molecule has 0 fully saturated rings. The Bertz CT molecular complexity index is 889. The molecular weight excluding hydrogens is 318 g/mol. The van der Waals surface area contributed by atoms with Crippen molar-refractivity contribution in [3.8, 4) is 5.75 Å². The lowest BCUT2D eigenvalue weighted by Crippen LogP contribution is -2.32. The van der Waals surface area contributed by atoms with Crippen LogP contribution in [0.2, 0.25) is 0 Å². The number of benzene rings is 2. The summed E-state index contributed by atoms with van der Waals surface area (Å²) in [5.74, 6) is 0.663. The Balaban J connectivity index is 1.57. The highest BCUT2D eigenvalue weighted by atomic mass is 16.5. The second kappa shape index (κ2) is 7.27. The van der Waals surface area contributed by atoms with Crippen LogP contribution >= 0.6 is 0 Å². The summed E-state index contributed by atoms with van der Waals surface area (Å²) in [6, 6.07) is 14.4. The van der Waals surface area contributed by atoms with Crippen molar-refractivity contribution < 1.29 is 14.6 Å². The topological polar surface area (TPSA) is 86.4 Å². The third-order valence-corrected chi connectivity index (χ3v) is 3.95. The van der Waals surface area contributed by atoms with Gasteiger partial charge in [0.15, 0.2) is 0 Å². The van der Waals surface area contributed by atoms with Crippen LogP contribution in [-0.4, -0.2) is 29.8 Å². The molecule has 2 aromatic carbocycles. The zero-order chi connectivity index (χ0) is 17.8. The highest BCUT2D eigenvalue weighted by molar-refractivity contribution is 5.93. The van der Waals surface area contributed by atoms with Gasteiger partial charge in [0, 0.05) is 28.8 Å². The standard InChI is InChI=1S/C19H21N3O3/c1-12-8-14-9-15(6-7-17(14)21-12)22-19(24)20-11-18(23)13-4-3-5-16(10-13)25-2/h3-10,18,21,23H,11H2,1-2H3,(H2,20,22,24). The van der Waals surface area contributed by atoms with Crippen LogP contribution in [0.5, 0.6) is 5.75 Å². The summed E-state index contributed by atoms with van der Waals surface area (Å²) in [6.07, 6.45) is -0.810. The van der Waals surface area contributed by atoms with Gasteiger partial charge in [-0.1, -0.05) is 12.1 Å². The SMILES string of the molecule is COc1cccc(C(O)CNC(=O)Nc2ccc3[nH]c(C)cc3c2)c1. The monoisotopic (exact) mass is 339 g/mol. The molecule has 0 bridgehead atoms. The number of nitrogens with one attached hydrogen (secondary N) is 3. The zero-order valence-electron chi connectivity index (χ0n) is 14.2. The fraction of sp³-hybridized carbons (Fsp3) is 0.211. The summed E-state index contributed by atoms with van der Waals surface area (Å²) in [6.45, 7) is 2.09. The Labute approximate surface area is 145 Å². The molecule has 2 amide bonds. The highest BCUT2D eigenvalue weighted by Gasteiger charge is 2.11. The molecule has 0 saturated heterocycles. The Morgan fingerprint density at radius 2 is 2.08 bits per heavy atom. The quantitative estimate of drug-likeness (QED) is 0.575. The fourth-order valence-corrected chi connectivity index (χ4v) is 2.69. The molecule has 6 nitrogen and oxygen atoms in total. The first kappa shape index (κ1) is 16.9. The molecule has 3 rings (SSSR count). The second-order valence-corrected chi connectivity index (χ2v) is 5.88. The van der Waals surface area contributed by atoms with Crippen LogP contribution < -0.4 is 15.4 Å². The van der Waals surface area contributed by atoms with Gasteiger partial charge in [-0.25, -0.2) is 4.79 Å². The summed E-state index contributed by atoms with van der Waals surface area (Å²) in [5.41, 5.74) is 3.47. The summed E-state index contributed by atoms with van der Waals surface area (Å²) in [7, 11) is 1.57. The molecule has 130 valence electrons. The maximum Gasteiger partial charge on any atom is 0.319 e. The van der Waals surface area contributed by atoms with Gasteiger partial charge < -0.3 is 25.5 Å². The molecule has 6 heteroatoms. The van der Waals surface area contributed by atoms with Gasteiger partial charge in [0.05, 0.1) is 13.2 Å². The first-order valence-electron chi connectivity index (χ1n) is 8.01. The van der Waals surface area contributed by atoms with E-state index < -0.39 is 6.10 Å². The van der Waals surface area contributed by atoms with Crippen LogP contribution in [-0.2, 0) is 0 Å². The van der Waals surface area contributed by atoms with Crippen LogP contribution in [0.3, 0.4) is 0 Å². The summed E-state index contributed by atoms with van der Waals surface area (Å²) in [4.78, 5) is 15.3. The molecule has 0 radical (unpaired) electrons. The van der Waals surface area contributed by atoms with E-state index in [-0.39, 0.29) is 12.6 Å². The van der Waals surface area contributed by atoms with Gasteiger partial charge >= 0.3 is 6.03 Å². The van der Waals surface area contributed by atoms with Crippen LogP contribution in [0.1, 0.15) is 17.4 Å².